The van der Waals surface area contributed by atoms with Gasteiger partial charge in [0.1, 0.15) is 0 Å². The van der Waals surface area contributed by atoms with E-state index >= 15 is 0 Å². The number of rotatable bonds is 6. The SMILES string of the molecule is CCCNc1nnc(C(=O)NC2CCCC(SC)C2)s1. The maximum atomic E-state index is 12.2. The third-order valence-corrected chi connectivity index (χ3v) is 5.41. The van der Waals surface area contributed by atoms with E-state index in [1.807, 2.05) is 11.8 Å². The second kappa shape index (κ2) is 7.83. The Balaban J connectivity index is 1.86. The van der Waals surface area contributed by atoms with Gasteiger partial charge in [-0.2, -0.15) is 11.8 Å². The first-order valence-corrected chi connectivity index (χ1v) is 9.24. The molecule has 1 aromatic rings. The lowest BCUT2D eigenvalue weighted by atomic mass is 9.95. The number of hydrogen-bond acceptors (Lipinski definition) is 6. The summed E-state index contributed by atoms with van der Waals surface area (Å²) in [4.78, 5) is 12.2. The number of hydrogen-bond donors (Lipinski definition) is 2. The predicted molar refractivity (Wildman–Crippen MR) is 85.7 cm³/mol. The highest BCUT2D eigenvalue weighted by molar-refractivity contribution is 7.99. The van der Waals surface area contributed by atoms with Gasteiger partial charge < -0.3 is 10.6 Å². The standard InChI is InChI=1S/C13H22N4OS2/c1-3-7-14-13-17-16-12(20-13)11(18)15-9-5-4-6-10(8-9)19-2/h9-10H,3-8H2,1-2H3,(H,14,17)(H,15,18). The second-order valence-electron chi connectivity index (χ2n) is 5.03. The zero-order chi connectivity index (χ0) is 14.4. The molecule has 2 N–H and O–H groups in total. The molecule has 0 radical (unpaired) electrons. The number of nitrogens with one attached hydrogen (secondary N) is 2. The van der Waals surface area contributed by atoms with E-state index in [1.165, 1.54) is 24.2 Å². The maximum absolute atomic E-state index is 12.2. The van der Waals surface area contributed by atoms with Crippen LogP contribution < -0.4 is 10.6 Å². The summed E-state index contributed by atoms with van der Waals surface area (Å²) in [5.74, 6) is -0.0844. The van der Waals surface area contributed by atoms with Crippen LogP contribution in [0.4, 0.5) is 5.13 Å². The molecule has 2 unspecified atom stereocenters. The molecule has 1 aliphatic carbocycles. The molecule has 1 saturated carbocycles. The number of thioether (sulfide) groups is 1. The van der Waals surface area contributed by atoms with E-state index < -0.39 is 0 Å². The minimum atomic E-state index is -0.0844. The highest BCUT2D eigenvalue weighted by Gasteiger charge is 2.24. The molecule has 2 rings (SSSR count). The van der Waals surface area contributed by atoms with E-state index in [2.05, 4.69) is 34.0 Å². The van der Waals surface area contributed by atoms with Gasteiger partial charge in [-0.25, -0.2) is 0 Å². The first kappa shape index (κ1) is 15.6. The summed E-state index contributed by atoms with van der Waals surface area (Å²) in [6.45, 7) is 2.95. The Kier molecular flexibility index (Phi) is 6.09. The summed E-state index contributed by atoms with van der Waals surface area (Å²) in [5, 5.41) is 16.1. The van der Waals surface area contributed by atoms with Crippen LogP contribution in [0.15, 0.2) is 0 Å². The van der Waals surface area contributed by atoms with Gasteiger partial charge in [-0.1, -0.05) is 24.7 Å². The Morgan fingerprint density at radius 1 is 1.45 bits per heavy atom. The van der Waals surface area contributed by atoms with E-state index in [-0.39, 0.29) is 11.9 Å². The molecular formula is C13H22N4OS2. The Hall–Kier alpha value is -0.820. The van der Waals surface area contributed by atoms with Crippen LogP contribution in [0.3, 0.4) is 0 Å². The summed E-state index contributed by atoms with van der Waals surface area (Å²) in [6, 6.07) is 0.282. The largest absolute Gasteiger partial charge is 0.360 e. The zero-order valence-corrected chi connectivity index (χ0v) is 13.6. The van der Waals surface area contributed by atoms with Gasteiger partial charge in [0.25, 0.3) is 5.91 Å². The fraction of sp³-hybridized carbons (Fsp3) is 0.769. The molecule has 1 fully saturated rings. The van der Waals surface area contributed by atoms with E-state index in [0.29, 0.717) is 10.3 Å². The van der Waals surface area contributed by atoms with Gasteiger partial charge in [0.05, 0.1) is 0 Å². The van der Waals surface area contributed by atoms with Crippen LogP contribution in [0.25, 0.3) is 0 Å². The number of nitrogens with zero attached hydrogens (tertiary/aromatic N) is 2. The molecule has 0 aromatic carbocycles. The molecule has 0 aliphatic heterocycles. The van der Waals surface area contributed by atoms with Crippen LogP contribution in [-0.4, -0.2) is 40.2 Å². The number of amides is 1. The van der Waals surface area contributed by atoms with Crippen molar-refractivity contribution in [1.29, 1.82) is 0 Å². The highest BCUT2D eigenvalue weighted by Crippen LogP contribution is 2.27. The van der Waals surface area contributed by atoms with Crippen molar-refractivity contribution in [3.05, 3.63) is 5.01 Å². The number of carbonyl (C=O) groups excluding carboxylic acids is 1. The van der Waals surface area contributed by atoms with Gasteiger partial charge in [-0.15, -0.1) is 10.2 Å². The molecule has 0 bridgehead atoms. The zero-order valence-electron chi connectivity index (χ0n) is 12.0. The lowest BCUT2D eigenvalue weighted by molar-refractivity contribution is 0.0927. The van der Waals surface area contributed by atoms with Crippen molar-refractivity contribution >= 4 is 34.1 Å². The minimum absolute atomic E-state index is 0.0844. The Labute approximate surface area is 128 Å². The van der Waals surface area contributed by atoms with E-state index in [1.54, 1.807) is 0 Å². The highest BCUT2D eigenvalue weighted by atomic mass is 32.2. The number of carbonyl (C=O) groups is 1. The Morgan fingerprint density at radius 2 is 2.30 bits per heavy atom. The monoisotopic (exact) mass is 314 g/mol. The van der Waals surface area contributed by atoms with Gasteiger partial charge in [0.2, 0.25) is 10.1 Å². The van der Waals surface area contributed by atoms with Gasteiger partial charge >= 0.3 is 0 Å². The first-order chi connectivity index (χ1) is 9.72. The van der Waals surface area contributed by atoms with Crippen molar-refractivity contribution in [3.8, 4) is 0 Å². The van der Waals surface area contributed by atoms with Crippen molar-refractivity contribution in [1.82, 2.24) is 15.5 Å². The van der Waals surface area contributed by atoms with Crippen molar-refractivity contribution in [2.45, 2.75) is 50.3 Å². The molecule has 2 atom stereocenters. The minimum Gasteiger partial charge on any atom is -0.360 e. The number of anilines is 1. The van der Waals surface area contributed by atoms with Crippen LogP contribution >= 0.6 is 23.1 Å². The van der Waals surface area contributed by atoms with Crippen LogP contribution in [0.5, 0.6) is 0 Å². The van der Waals surface area contributed by atoms with E-state index in [9.17, 15) is 4.79 Å². The van der Waals surface area contributed by atoms with E-state index in [0.717, 1.165) is 30.9 Å². The van der Waals surface area contributed by atoms with Crippen molar-refractivity contribution < 1.29 is 4.79 Å². The molecule has 20 heavy (non-hydrogen) atoms. The van der Waals surface area contributed by atoms with Gasteiger partial charge in [0, 0.05) is 17.8 Å². The second-order valence-corrected chi connectivity index (χ2v) is 7.15. The Morgan fingerprint density at radius 3 is 3.05 bits per heavy atom. The van der Waals surface area contributed by atoms with Crippen molar-refractivity contribution in [2.75, 3.05) is 18.1 Å². The van der Waals surface area contributed by atoms with E-state index in [4.69, 9.17) is 0 Å². The molecule has 5 nitrogen and oxygen atoms in total. The molecule has 1 amide bonds. The molecule has 1 aromatic heterocycles. The summed E-state index contributed by atoms with van der Waals surface area (Å²) < 4.78 is 0. The summed E-state index contributed by atoms with van der Waals surface area (Å²) in [7, 11) is 0. The Bertz CT molecular complexity index is 438. The summed E-state index contributed by atoms with van der Waals surface area (Å²) >= 11 is 3.22. The topological polar surface area (TPSA) is 66.9 Å². The fourth-order valence-electron chi connectivity index (χ4n) is 2.36. The first-order valence-electron chi connectivity index (χ1n) is 7.14. The van der Waals surface area contributed by atoms with Gasteiger partial charge in [0.15, 0.2) is 0 Å². The van der Waals surface area contributed by atoms with Gasteiger partial charge in [-0.05, 0) is 31.9 Å². The fourth-order valence-corrected chi connectivity index (χ4v) is 3.86. The summed E-state index contributed by atoms with van der Waals surface area (Å²) in [5.41, 5.74) is 0. The normalized spacial score (nSPS) is 22.5. The van der Waals surface area contributed by atoms with Crippen molar-refractivity contribution in [3.63, 3.8) is 0 Å². The smallest absolute Gasteiger partial charge is 0.282 e. The quantitative estimate of drug-likeness (QED) is 0.845. The lowest BCUT2D eigenvalue weighted by Gasteiger charge is -2.28. The van der Waals surface area contributed by atoms with Crippen LogP contribution in [0.1, 0.15) is 48.8 Å². The molecule has 1 heterocycles. The predicted octanol–water partition coefficient (Wildman–Crippen LogP) is 2.76. The van der Waals surface area contributed by atoms with Crippen LogP contribution in [0.2, 0.25) is 0 Å². The third-order valence-electron chi connectivity index (χ3n) is 3.44. The van der Waals surface area contributed by atoms with Gasteiger partial charge in [-0.3, -0.25) is 4.79 Å². The molecular weight excluding hydrogens is 292 g/mol. The summed E-state index contributed by atoms with van der Waals surface area (Å²) in [6.07, 6.45) is 7.76. The number of aromatic nitrogens is 2. The molecule has 0 saturated heterocycles. The van der Waals surface area contributed by atoms with Crippen molar-refractivity contribution in [2.24, 2.45) is 0 Å². The average molecular weight is 314 g/mol. The lowest BCUT2D eigenvalue weighted by Crippen LogP contribution is -2.39. The molecule has 7 heteroatoms. The average Bonchev–Trinajstić information content (AvgIpc) is 2.94. The maximum Gasteiger partial charge on any atom is 0.282 e. The van der Waals surface area contributed by atoms with Crippen LogP contribution in [-0.2, 0) is 0 Å². The molecule has 112 valence electrons. The molecule has 1 aliphatic rings. The van der Waals surface area contributed by atoms with Crippen LogP contribution in [0, 0.1) is 0 Å². The molecule has 0 spiro atoms. The third kappa shape index (κ3) is 4.34.